The number of azo groups is 2. The van der Waals surface area contributed by atoms with Crippen LogP contribution in [0, 0.1) is 27.2 Å². The van der Waals surface area contributed by atoms with Gasteiger partial charge in [-0.15, -0.1) is 5.11 Å². The largest absolute Gasteiger partial charge is 3.00 e. The predicted octanol–water partition coefficient (Wildman–Crippen LogP) is 6.18. The molecule has 0 aliphatic rings. The molecule has 0 amide bonds. The SMILES string of the molecule is Cc1[nH]n(-c2ccccc2)c(=O)c1N=Nc1cc([N+](=O)[O-])ccc1[O-].O=[N+]([O-])c1ccc(N=Nc2c([O-])ccc3ccccc23)c([O-])c1.[Co+3]. The molecule has 0 atom stereocenters. The summed E-state index contributed by atoms with van der Waals surface area (Å²) >= 11 is 0. The number of aromatic nitrogens is 2. The van der Waals surface area contributed by atoms with Crippen molar-refractivity contribution in [3.63, 3.8) is 0 Å². The molecule has 0 spiro atoms. The molecule has 49 heavy (non-hydrogen) atoms. The van der Waals surface area contributed by atoms with Crippen molar-refractivity contribution in [2.75, 3.05) is 0 Å². The average Bonchev–Trinajstić information content (AvgIpc) is 3.37. The molecule has 0 saturated heterocycles. The van der Waals surface area contributed by atoms with Crippen molar-refractivity contribution < 1.29 is 41.9 Å². The van der Waals surface area contributed by atoms with Gasteiger partial charge in [0.1, 0.15) is 0 Å². The summed E-state index contributed by atoms with van der Waals surface area (Å²) in [5, 5.41) is 76.4. The Labute approximate surface area is 285 Å². The van der Waals surface area contributed by atoms with Gasteiger partial charge in [0.2, 0.25) is 0 Å². The van der Waals surface area contributed by atoms with Crippen LogP contribution in [0.5, 0.6) is 17.2 Å². The molecule has 0 fully saturated rings. The third-order valence-electron chi connectivity index (χ3n) is 6.74. The van der Waals surface area contributed by atoms with Gasteiger partial charge in [-0.25, -0.2) is 4.68 Å². The van der Waals surface area contributed by atoms with E-state index >= 15 is 0 Å². The fourth-order valence-corrected chi connectivity index (χ4v) is 4.36. The number of hydrogen-bond acceptors (Lipinski definition) is 12. The first kappa shape index (κ1) is 35.1. The van der Waals surface area contributed by atoms with Gasteiger partial charge in [-0.3, -0.25) is 30.1 Å². The monoisotopic (exact) mass is 704 g/mol. The van der Waals surface area contributed by atoms with E-state index < -0.39 is 26.9 Å². The topological polar surface area (TPSA) is 243 Å². The zero-order valence-electron chi connectivity index (χ0n) is 25.0. The Kier molecular flexibility index (Phi) is 10.9. The van der Waals surface area contributed by atoms with Crippen LogP contribution >= 0.6 is 0 Å². The number of aromatic amines is 1. The first-order valence-corrected chi connectivity index (χ1v) is 13.8. The van der Waals surface area contributed by atoms with E-state index in [1.54, 1.807) is 49.4 Å². The van der Waals surface area contributed by atoms with E-state index in [0.717, 1.165) is 35.7 Å². The Hall–Kier alpha value is -6.72. The number of nitro groups is 2. The van der Waals surface area contributed by atoms with E-state index in [0.29, 0.717) is 16.8 Å². The fourth-order valence-electron chi connectivity index (χ4n) is 4.36. The van der Waals surface area contributed by atoms with Crippen molar-refractivity contribution >= 4 is 44.9 Å². The van der Waals surface area contributed by atoms with Crippen LogP contribution in [0.4, 0.5) is 34.1 Å². The van der Waals surface area contributed by atoms with Crippen molar-refractivity contribution in [2.45, 2.75) is 6.92 Å². The van der Waals surface area contributed by atoms with Crippen LogP contribution in [0.25, 0.3) is 16.5 Å². The summed E-state index contributed by atoms with van der Waals surface area (Å²) in [4.78, 5) is 32.5. The second kappa shape index (κ2) is 15.2. The number of aryl methyl sites for hydroxylation is 1. The molecule has 1 aromatic heterocycles. The summed E-state index contributed by atoms with van der Waals surface area (Å²) in [5.41, 5.74) is -0.0820. The minimum absolute atomic E-state index is 0. The first-order chi connectivity index (χ1) is 23.0. The standard InChI is InChI=1S/C16H13N5O4.C16H11N3O4.Co/c1-10-15(16(23)20(19-10)11-5-3-2-4-6-11)18-17-13-9-12(21(24)25)7-8-14(13)22;20-14-8-5-10-3-1-2-4-12(10)16(14)18-17-13-7-6-11(19(22)23)9-15(13)21;/h2-9,19,22H,1H3;1-9,20-21H;/q;;+3/p-3. The molecule has 0 radical (unpaired) electrons. The smallest absolute Gasteiger partial charge is 0.871 e. The molecule has 5 aromatic carbocycles. The number of fused-ring (bicyclic) bond motifs is 1. The van der Waals surface area contributed by atoms with Crippen molar-refractivity contribution in [3.05, 3.63) is 139 Å². The summed E-state index contributed by atoms with van der Waals surface area (Å²) < 4.78 is 1.30. The molecule has 0 saturated carbocycles. The van der Waals surface area contributed by atoms with Crippen LogP contribution in [0.3, 0.4) is 0 Å². The van der Waals surface area contributed by atoms with Crippen LogP contribution in [0.15, 0.2) is 128 Å². The van der Waals surface area contributed by atoms with E-state index in [1.165, 1.54) is 16.8 Å². The molecule has 16 nitrogen and oxygen atoms in total. The second-order valence-electron chi connectivity index (χ2n) is 9.91. The Morgan fingerprint density at radius 3 is 1.92 bits per heavy atom. The van der Waals surface area contributed by atoms with E-state index in [-0.39, 0.29) is 56.7 Å². The van der Waals surface area contributed by atoms with Crippen molar-refractivity contribution in [1.82, 2.24) is 9.78 Å². The zero-order chi connectivity index (χ0) is 34.4. The third-order valence-corrected chi connectivity index (χ3v) is 6.74. The third kappa shape index (κ3) is 7.99. The van der Waals surface area contributed by atoms with Gasteiger partial charge >= 0.3 is 16.8 Å². The Bertz CT molecular complexity index is 2290. The summed E-state index contributed by atoms with van der Waals surface area (Å²) in [7, 11) is 0. The zero-order valence-corrected chi connectivity index (χ0v) is 26.1. The minimum atomic E-state index is -0.664. The molecular weight excluding hydrogens is 683 g/mol. The summed E-state index contributed by atoms with van der Waals surface area (Å²) in [6, 6.07) is 25.5. The van der Waals surface area contributed by atoms with Crippen LogP contribution in [0.1, 0.15) is 5.69 Å². The summed E-state index contributed by atoms with van der Waals surface area (Å²) in [6.45, 7) is 1.64. The molecule has 1 heterocycles. The van der Waals surface area contributed by atoms with Gasteiger partial charge in [0.05, 0.1) is 38.3 Å². The number of nitrogens with zero attached hydrogens (tertiary/aromatic N) is 7. The van der Waals surface area contributed by atoms with E-state index in [2.05, 4.69) is 25.6 Å². The van der Waals surface area contributed by atoms with E-state index in [1.807, 2.05) is 18.2 Å². The summed E-state index contributed by atoms with van der Waals surface area (Å²) in [5.74, 6) is -1.47. The number of nitrogens with one attached hydrogen (secondary N) is 1. The summed E-state index contributed by atoms with van der Waals surface area (Å²) in [6.07, 6.45) is 0. The van der Waals surface area contributed by atoms with Gasteiger partial charge in [-0.1, -0.05) is 77.9 Å². The van der Waals surface area contributed by atoms with Crippen LogP contribution < -0.4 is 20.9 Å². The predicted molar refractivity (Wildman–Crippen MR) is 168 cm³/mol. The molecule has 6 aromatic rings. The van der Waals surface area contributed by atoms with Crippen LogP contribution in [0.2, 0.25) is 0 Å². The molecule has 246 valence electrons. The van der Waals surface area contributed by atoms with Gasteiger partial charge in [0, 0.05) is 29.7 Å². The average molecular weight is 705 g/mol. The molecule has 0 aliphatic heterocycles. The molecule has 1 N–H and O–H groups in total. The maximum absolute atomic E-state index is 12.5. The number of para-hydroxylation sites is 1. The molecular formula is C32H21CoN8O8. The van der Waals surface area contributed by atoms with Crippen LogP contribution in [-0.4, -0.2) is 19.6 Å². The molecule has 0 aliphatic carbocycles. The molecule has 0 bridgehead atoms. The molecule has 0 unspecified atom stereocenters. The molecule has 17 heteroatoms. The quantitative estimate of drug-likeness (QED) is 0.114. The van der Waals surface area contributed by atoms with Gasteiger partial charge in [-0.05, 0) is 30.5 Å². The number of benzene rings is 5. The first-order valence-electron chi connectivity index (χ1n) is 13.8. The minimum Gasteiger partial charge on any atom is -0.871 e. The number of rotatable bonds is 7. The number of nitro benzene ring substituents is 2. The number of non-ortho nitro benzene ring substituents is 2. The van der Waals surface area contributed by atoms with E-state index in [9.17, 15) is 40.3 Å². The Morgan fingerprint density at radius 1 is 0.633 bits per heavy atom. The van der Waals surface area contributed by atoms with Gasteiger partial charge in [-0.2, -0.15) is 15.3 Å². The number of hydrogen-bond donors (Lipinski definition) is 1. The second-order valence-corrected chi connectivity index (χ2v) is 9.91. The van der Waals surface area contributed by atoms with Gasteiger partial charge in [0.25, 0.3) is 16.9 Å². The molecule has 6 rings (SSSR count). The van der Waals surface area contributed by atoms with Crippen molar-refractivity contribution in [2.24, 2.45) is 20.5 Å². The fraction of sp³-hybridized carbons (Fsp3) is 0.0312. The normalized spacial score (nSPS) is 10.9. The van der Waals surface area contributed by atoms with Crippen LogP contribution in [-0.2, 0) is 16.8 Å². The Balaban J connectivity index is 0.000000217. The van der Waals surface area contributed by atoms with Gasteiger partial charge in [0.15, 0.2) is 5.69 Å². The number of H-pyrrole nitrogens is 1. The van der Waals surface area contributed by atoms with Gasteiger partial charge < -0.3 is 15.3 Å². The van der Waals surface area contributed by atoms with E-state index in [4.69, 9.17) is 0 Å². The Morgan fingerprint density at radius 2 is 1.22 bits per heavy atom. The van der Waals surface area contributed by atoms with Crippen molar-refractivity contribution in [1.29, 1.82) is 0 Å². The maximum atomic E-state index is 12.5. The maximum Gasteiger partial charge on any atom is 3.00 e. The van der Waals surface area contributed by atoms with Crippen molar-refractivity contribution in [3.8, 4) is 22.9 Å².